The number of rotatable bonds is 8. The third-order valence-electron chi connectivity index (χ3n) is 11.6. The van der Waals surface area contributed by atoms with E-state index in [4.69, 9.17) is 37.4 Å². The largest absolute Gasteiger partial charge is 0.503 e. The Hall–Kier alpha value is -5.87. The number of aromatic hydroxyl groups is 1. The van der Waals surface area contributed by atoms with Crippen molar-refractivity contribution in [2.75, 3.05) is 26.2 Å². The van der Waals surface area contributed by atoms with E-state index in [1.165, 1.54) is 59.5 Å². The summed E-state index contributed by atoms with van der Waals surface area (Å²) in [5, 5.41) is 10.3. The van der Waals surface area contributed by atoms with Gasteiger partial charge in [0.2, 0.25) is 11.8 Å². The highest BCUT2D eigenvalue weighted by Crippen LogP contribution is 2.62. The third kappa shape index (κ3) is 5.51. The van der Waals surface area contributed by atoms with Gasteiger partial charge in [-0.3, -0.25) is 14.4 Å². The number of hydrogen-bond acceptors (Lipinski definition) is 10. The van der Waals surface area contributed by atoms with Crippen LogP contribution in [0.25, 0.3) is 11.0 Å². The molecule has 0 unspecified atom stereocenters. The Labute approximate surface area is 332 Å². The number of ether oxygens (including phenoxy) is 3. The third-order valence-corrected chi connectivity index (χ3v) is 12.2. The number of amides is 2. The maximum atomic E-state index is 14.7. The lowest BCUT2D eigenvalue weighted by atomic mass is 9.56. The number of aromatic nitrogens is 5. The summed E-state index contributed by atoms with van der Waals surface area (Å²) >= 11 is 12.6. The first kappa shape index (κ1) is 38.0. The van der Waals surface area contributed by atoms with Crippen LogP contribution in [0.4, 0.5) is 10.1 Å². The van der Waals surface area contributed by atoms with Crippen LogP contribution in [-0.4, -0.2) is 61.7 Å². The van der Waals surface area contributed by atoms with Gasteiger partial charge in [0.1, 0.15) is 11.5 Å². The van der Waals surface area contributed by atoms with Crippen LogP contribution in [0, 0.1) is 17.2 Å². The summed E-state index contributed by atoms with van der Waals surface area (Å²) < 4.78 is 35.4. The molecule has 4 heterocycles. The number of benzene rings is 3. The van der Waals surface area contributed by atoms with Gasteiger partial charge in [0.05, 0.1) is 72.0 Å². The average Bonchev–Trinajstić information content (AvgIpc) is 3.55. The molecule has 4 atom stereocenters. The molecule has 0 bridgehead atoms. The van der Waals surface area contributed by atoms with Crippen LogP contribution >= 0.6 is 23.2 Å². The van der Waals surface area contributed by atoms with Gasteiger partial charge in [-0.15, -0.1) is 0 Å². The SMILES string of the molecule is COc1cc2nc(CCn3c(=O)n4n(c3=O)[C@@H]3C[C@H]5C(=O)N(c6ccc(F)c(Cl)c6)C(=O)[C@@]5(C)[C@@H](c5cc(Cl)c(O)c(OC)c5)C3=CC4)c(=O)n(C)c2cc1OC. The van der Waals surface area contributed by atoms with Crippen molar-refractivity contribution in [2.45, 2.75) is 44.8 Å². The zero-order valence-corrected chi connectivity index (χ0v) is 32.7. The van der Waals surface area contributed by atoms with E-state index < -0.39 is 57.9 Å². The Balaban J connectivity index is 1.23. The predicted octanol–water partition coefficient (Wildman–Crippen LogP) is 4.34. The summed E-state index contributed by atoms with van der Waals surface area (Å²) in [5.41, 5.74) is -1.18. The minimum Gasteiger partial charge on any atom is -0.503 e. The Bertz CT molecular complexity index is 2790. The number of imide groups is 1. The zero-order valence-electron chi connectivity index (χ0n) is 31.2. The Morgan fingerprint density at radius 3 is 2.32 bits per heavy atom. The molecule has 296 valence electrons. The highest BCUT2D eigenvalue weighted by Gasteiger charge is 2.65. The van der Waals surface area contributed by atoms with Crippen LogP contribution < -0.4 is 36.0 Å². The number of halogens is 3. The number of nitrogens with zero attached hydrogens (tertiary/aromatic N) is 6. The zero-order chi connectivity index (χ0) is 40.8. The molecule has 3 aliphatic rings. The molecule has 57 heavy (non-hydrogen) atoms. The number of carbonyl (C=O) groups is 2. The minimum atomic E-state index is -1.49. The second-order valence-corrected chi connectivity index (χ2v) is 15.2. The smallest absolute Gasteiger partial charge is 0.347 e. The number of phenols is 1. The van der Waals surface area contributed by atoms with Gasteiger partial charge in [0, 0.05) is 38.1 Å². The van der Waals surface area contributed by atoms with Gasteiger partial charge < -0.3 is 23.9 Å². The molecule has 2 aromatic heterocycles. The summed E-state index contributed by atoms with van der Waals surface area (Å²) in [5.74, 6) is -3.42. The predicted molar refractivity (Wildman–Crippen MR) is 206 cm³/mol. The second-order valence-electron chi connectivity index (χ2n) is 14.4. The summed E-state index contributed by atoms with van der Waals surface area (Å²) in [6, 6.07) is 8.91. The number of phenolic OH excluding ortho intramolecular Hbond substituents is 1. The number of carbonyl (C=O) groups excluding carboxylic acids is 2. The number of hydrogen-bond donors (Lipinski definition) is 1. The molecule has 1 aliphatic carbocycles. The van der Waals surface area contributed by atoms with E-state index in [1.807, 2.05) is 0 Å². The molecule has 1 saturated heterocycles. The summed E-state index contributed by atoms with van der Waals surface area (Å²) in [6.45, 7) is 1.39. The first-order chi connectivity index (χ1) is 27.2. The Morgan fingerprint density at radius 2 is 1.63 bits per heavy atom. The molecule has 18 heteroatoms. The van der Waals surface area contributed by atoms with Gasteiger partial charge >= 0.3 is 11.4 Å². The van der Waals surface area contributed by atoms with Crippen molar-refractivity contribution in [3.8, 4) is 23.0 Å². The fraction of sp³-hybridized carbons (Fsp3) is 0.333. The number of anilines is 1. The molecular weight excluding hydrogens is 786 g/mol. The molecule has 2 aliphatic heterocycles. The van der Waals surface area contributed by atoms with Crippen LogP contribution in [0.1, 0.15) is 36.6 Å². The van der Waals surface area contributed by atoms with Crippen LogP contribution in [0.15, 0.2) is 68.5 Å². The van der Waals surface area contributed by atoms with Crippen molar-refractivity contribution in [1.82, 2.24) is 23.5 Å². The number of fused-ring (bicyclic) bond motifs is 5. The highest BCUT2D eigenvalue weighted by molar-refractivity contribution is 6.32. The van der Waals surface area contributed by atoms with Gasteiger partial charge in [-0.05, 0) is 54.8 Å². The molecule has 2 fully saturated rings. The summed E-state index contributed by atoms with van der Waals surface area (Å²) in [6.07, 6.45) is 1.63. The van der Waals surface area contributed by atoms with Gasteiger partial charge in [-0.1, -0.05) is 29.3 Å². The lowest BCUT2D eigenvalue weighted by Gasteiger charge is -2.47. The van der Waals surface area contributed by atoms with Gasteiger partial charge in [0.25, 0.3) is 5.56 Å². The molecule has 1 N–H and O–H groups in total. The quantitative estimate of drug-likeness (QED) is 0.176. The fourth-order valence-corrected chi connectivity index (χ4v) is 9.17. The van der Waals surface area contributed by atoms with E-state index >= 15 is 0 Å². The van der Waals surface area contributed by atoms with Crippen LogP contribution in [0.3, 0.4) is 0 Å². The molecule has 0 spiro atoms. The van der Waals surface area contributed by atoms with Crippen molar-refractivity contribution in [3.63, 3.8) is 0 Å². The first-order valence-corrected chi connectivity index (χ1v) is 18.5. The van der Waals surface area contributed by atoms with Crippen LogP contribution in [0.5, 0.6) is 23.0 Å². The second kappa shape index (κ2) is 13.7. The Morgan fingerprint density at radius 1 is 0.930 bits per heavy atom. The van der Waals surface area contributed by atoms with E-state index in [0.29, 0.717) is 33.7 Å². The van der Waals surface area contributed by atoms with E-state index in [1.54, 1.807) is 32.2 Å². The van der Waals surface area contributed by atoms with E-state index in [2.05, 4.69) is 4.98 Å². The average molecular weight is 822 g/mol. The molecular formula is C39H35Cl2FN6O9. The van der Waals surface area contributed by atoms with E-state index in [9.17, 15) is 33.5 Å². The molecule has 1 saturated carbocycles. The monoisotopic (exact) mass is 820 g/mol. The number of allylic oxidation sites excluding steroid dienone is 2. The van der Waals surface area contributed by atoms with Crippen molar-refractivity contribution in [2.24, 2.45) is 18.4 Å². The maximum absolute atomic E-state index is 14.7. The van der Waals surface area contributed by atoms with Gasteiger partial charge in [-0.2, -0.15) is 0 Å². The molecule has 3 aromatic carbocycles. The van der Waals surface area contributed by atoms with Crippen LogP contribution in [-0.2, 0) is 36.1 Å². The molecule has 0 radical (unpaired) electrons. The van der Waals surface area contributed by atoms with Gasteiger partial charge in [-0.25, -0.2) is 37.8 Å². The topological polar surface area (TPSA) is 169 Å². The Kier molecular flexibility index (Phi) is 9.11. The van der Waals surface area contributed by atoms with Crippen molar-refractivity contribution in [1.29, 1.82) is 0 Å². The van der Waals surface area contributed by atoms with E-state index in [-0.39, 0.29) is 58.9 Å². The lowest BCUT2D eigenvalue weighted by molar-refractivity contribution is -0.129. The molecule has 15 nitrogen and oxygen atoms in total. The van der Waals surface area contributed by atoms with Crippen LogP contribution in [0.2, 0.25) is 10.0 Å². The van der Waals surface area contributed by atoms with Crippen molar-refractivity contribution < 1.29 is 33.3 Å². The highest BCUT2D eigenvalue weighted by atomic mass is 35.5. The lowest BCUT2D eigenvalue weighted by Crippen LogP contribution is -2.49. The minimum absolute atomic E-state index is 0.0152. The number of methoxy groups -OCH3 is 3. The normalized spacial score (nSPS) is 21.3. The fourth-order valence-electron chi connectivity index (χ4n) is 8.77. The molecule has 2 amide bonds. The standard InChI is InChI=1S/C39H35Cl2FN6O9/c1-39-21(34(50)47(36(39)52)19-6-7-24(42)22(40)14-19)15-27-20(32(39)18-12-23(41)33(49)31(13-18)57-5)8-11-46-37(53)45(38(54)48(27)46)10-9-25-35(51)44(2)28-17-30(56-4)29(55-3)16-26(28)43-25/h6-8,12-14,16-17,21,27,32,49H,9-11,15H2,1-5H3/t21-,27+,32-,39+/m0/s1. The summed E-state index contributed by atoms with van der Waals surface area (Å²) in [7, 11) is 5.88. The van der Waals surface area contributed by atoms with Crippen molar-refractivity contribution >= 4 is 51.7 Å². The number of aryl methyl sites for hydroxylation is 2. The summed E-state index contributed by atoms with van der Waals surface area (Å²) in [4.78, 5) is 76.5. The van der Waals surface area contributed by atoms with Gasteiger partial charge in [0.15, 0.2) is 23.0 Å². The first-order valence-electron chi connectivity index (χ1n) is 17.8. The van der Waals surface area contributed by atoms with Crippen molar-refractivity contribution in [3.05, 3.63) is 113 Å². The molecule has 8 rings (SSSR count). The molecule has 5 aromatic rings. The van der Waals surface area contributed by atoms with E-state index in [0.717, 1.165) is 15.5 Å². The maximum Gasteiger partial charge on any atom is 0.347 e.